The number of hydrogen-bond acceptors (Lipinski definition) is 3. The van der Waals surface area contributed by atoms with E-state index in [4.69, 9.17) is 4.74 Å². The van der Waals surface area contributed by atoms with Crippen molar-refractivity contribution in [3.63, 3.8) is 0 Å². The third-order valence-corrected chi connectivity index (χ3v) is 3.82. The number of aliphatic hydroxyl groups excluding tert-OH is 1. The lowest BCUT2D eigenvalue weighted by Crippen LogP contribution is -2.26. The highest BCUT2D eigenvalue weighted by molar-refractivity contribution is 5.82. The Morgan fingerprint density at radius 3 is 2.39 bits per heavy atom. The van der Waals surface area contributed by atoms with Crippen molar-refractivity contribution in [2.75, 3.05) is 7.05 Å². The molecule has 1 amide bonds. The van der Waals surface area contributed by atoms with Gasteiger partial charge in [-0.2, -0.15) is 0 Å². The molecular weight excluding hydrogens is 290 g/mol. The van der Waals surface area contributed by atoms with Gasteiger partial charge in [0.05, 0.1) is 0 Å². The van der Waals surface area contributed by atoms with Crippen molar-refractivity contribution in [2.24, 2.45) is 0 Å². The van der Waals surface area contributed by atoms with Crippen LogP contribution in [0.2, 0.25) is 0 Å². The van der Waals surface area contributed by atoms with E-state index in [1.165, 1.54) is 12.6 Å². The molecule has 1 atom stereocenters. The van der Waals surface area contributed by atoms with Crippen LogP contribution < -0.4 is 10.1 Å². The monoisotopic (exact) mass is 313 g/mol. The molecule has 0 fully saturated rings. The minimum Gasteiger partial charge on any atom is -0.488 e. The molecule has 0 heterocycles. The van der Waals surface area contributed by atoms with Crippen LogP contribution in [0.3, 0.4) is 0 Å². The van der Waals surface area contributed by atoms with Gasteiger partial charge in [-0.1, -0.05) is 42.0 Å². The van der Waals surface area contributed by atoms with Crippen molar-refractivity contribution in [3.05, 3.63) is 64.2 Å². The molecule has 23 heavy (non-hydrogen) atoms. The summed E-state index contributed by atoms with van der Waals surface area (Å²) in [6, 6.07) is 11.4. The fourth-order valence-corrected chi connectivity index (χ4v) is 2.75. The number of benzene rings is 2. The minimum absolute atomic E-state index is 0.301. The predicted molar refractivity (Wildman–Crippen MR) is 90.5 cm³/mol. The summed E-state index contributed by atoms with van der Waals surface area (Å²) in [5.74, 6) is 0.417. The molecule has 0 aliphatic carbocycles. The lowest BCUT2D eigenvalue weighted by Gasteiger charge is -2.17. The van der Waals surface area contributed by atoms with Crippen molar-refractivity contribution in [2.45, 2.75) is 33.5 Å². The van der Waals surface area contributed by atoms with Gasteiger partial charge in [0.1, 0.15) is 12.4 Å². The third kappa shape index (κ3) is 3.90. The van der Waals surface area contributed by atoms with E-state index < -0.39 is 12.0 Å². The summed E-state index contributed by atoms with van der Waals surface area (Å²) in [6.45, 7) is 6.38. The summed E-state index contributed by atoms with van der Waals surface area (Å²) < 4.78 is 5.97. The Morgan fingerprint density at radius 2 is 1.78 bits per heavy atom. The third-order valence-electron chi connectivity index (χ3n) is 3.82. The van der Waals surface area contributed by atoms with E-state index in [1.807, 2.05) is 26.0 Å². The molecule has 0 aliphatic heterocycles. The van der Waals surface area contributed by atoms with E-state index in [9.17, 15) is 9.90 Å². The molecule has 122 valence electrons. The summed E-state index contributed by atoms with van der Waals surface area (Å²) in [5.41, 5.74) is 4.71. The quantitative estimate of drug-likeness (QED) is 0.892. The van der Waals surface area contributed by atoms with E-state index in [-0.39, 0.29) is 0 Å². The molecule has 2 N–H and O–H groups in total. The Bertz CT molecular complexity index is 687. The van der Waals surface area contributed by atoms with Crippen LogP contribution in [0.4, 0.5) is 0 Å². The topological polar surface area (TPSA) is 58.6 Å². The number of aryl methyl sites for hydroxylation is 3. The molecule has 0 bridgehead atoms. The van der Waals surface area contributed by atoms with E-state index in [1.54, 1.807) is 12.1 Å². The first-order valence-electron chi connectivity index (χ1n) is 7.62. The molecular formula is C19H23NO3. The first-order valence-corrected chi connectivity index (χ1v) is 7.62. The first-order chi connectivity index (χ1) is 10.9. The van der Waals surface area contributed by atoms with Crippen LogP contribution in [0.1, 0.15) is 33.9 Å². The molecule has 2 rings (SSSR count). The van der Waals surface area contributed by atoms with Gasteiger partial charge in [0, 0.05) is 7.05 Å². The highest BCUT2D eigenvalue weighted by Gasteiger charge is 2.19. The van der Waals surface area contributed by atoms with Gasteiger partial charge >= 0.3 is 0 Å². The Morgan fingerprint density at radius 1 is 1.17 bits per heavy atom. The summed E-state index contributed by atoms with van der Waals surface area (Å²) in [4.78, 5) is 11.7. The Balaban J connectivity index is 2.24. The summed E-state index contributed by atoms with van der Waals surface area (Å²) >= 11 is 0. The molecule has 1 unspecified atom stereocenters. The van der Waals surface area contributed by atoms with Crippen LogP contribution in [0.5, 0.6) is 5.75 Å². The highest BCUT2D eigenvalue weighted by Crippen LogP contribution is 2.27. The first kappa shape index (κ1) is 17.0. The lowest BCUT2D eigenvalue weighted by molar-refractivity contribution is -0.129. The molecule has 0 saturated heterocycles. The molecule has 4 heteroatoms. The summed E-state index contributed by atoms with van der Waals surface area (Å²) in [5, 5.41) is 12.6. The molecule has 0 saturated carbocycles. The van der Waals surface area contributed by atoms with Crippen LogP contribution in [0.15, 0.2) is 36.4 Å². The predicted octanol–water partition coefficient (Wildman–Crippen LogP) is 2.97. The fourth-order valence-electron chi connectivity index (χ4n) is 2.75. The number of hydrogen-bond donors (Lipinski definition) is 2. The second-order valence-electron chi connectivity index (χ2n) is 5.73. The SMILES string of the molecule is CNC(=O)C(O)c1ccccc1COc1c(C)cc(C)cc1C. The van der Waals surface area contributed by atoms with Gasteiger partial charge in [-0.05, 0) is 43.0 Å². The number of ether oxygens (including phenoxy) is 1. The summed E-state index contributed by atoms with van der Waals surface area (Å²) in [6.07, 6.45) is -1.19. The maximum absolute atomic E-state index is 11.7. The van der Waals surface area contributed by atoms with Crippen molar-refractivity contribution in [3.8, 4) is 5.75 Å². The van der Waals surface area contributed by atoms with Crippen molar-refractivity contribution in [1.29, 1.82) is 0 Å². The number of aliphatic hydroxyl groups is 1. The standard InChI is InChI=1S/C19H23NO3/c1-12-9-13(2)18(14(3)10-12)23-11-15-7-5-6-8-16(15)17(21)19(22)20-4/h5-10,17,21H,11H2,1-4H3,(H,20,22). The van der Waals surface area contributed by atoms with Gasteiger partial charge < -0.3 is 15.2 Å². The van der Waals surface area contributed by atoms with Crippen LogP contribution in [0.25, 0.3) is 0 Å². The van der Waals surface area contributed by atoms with Crippen LogP contribution in [0, 0.1) is 20.8 Å². The molecule has 4 nitrogen and oxygen atoms in total. The van der Waals surface area contributed by atoms with Gasteiger partial charge in [0.15, 0.2) is 6.10 Å². The largest absolute Gasteiger partial charge is 0.488 e. The zero-order valence-electron chi connectivity index (χ0n) is 14.0. The molecule has 2 aromatic carbocycles. The average molecular weight is 313 g/mol. The summed E-state index contributed by atoms with van der Waals surface area (Å²) in [7, 11) is 1.50. The number of carbonyl (C=O) groups is 1. The number of carbonyl (C=O) groups excluding carboxylic acids is 1. The molecule has 0 spiro atoms. The normalized spacial score (nSPS) is 11.9. The molecule has 0 aliphatic rings. The van der Waals surface area contributed by atoms with Gasteiger partial charge in [-0.3, -0.25) is 4.79 Å². The van der Waals surface area contributed by atoms with E-state index in [2.05, 4.69) is 24.4 Å². The maximum Gasteiger partial charge on any atom is 0.253 e. The number of amides is 1. The van der Waals surface area contributed by atoms with E-state index >= 15 is 0 Å². The van der Waals surface area contributed by atoms with Crippen LogP contribution >= 0.6 is 0 Å². The van der Waals surface area contributed by atoms with Gasteiger partial charge in [-0.25, -0.2) is 0 Å². The molecule has 0 aromatic heterocycles. The number of nitrogens with one attached hydrogen (secondary N) is 1. The van der Waals surface area contributed by atoms with Crippen LogP contribution in [-0.4, -0.2) is 18.1 Å². The van der Waals surface area contributed by atoms with Crippen molar-refractivity contribution < 1.29 is 14.6 Å². The average Bonchev–Trinajstić information content (AvgIpc) is 2.52. The van der Waals surface area contributed by atoms with Crippen LogP contribution in [-0.2, 0) is 11.4 Å². The Hall–Kier alpha value is -2.33. The Kier molecular flexibility index (Phi) is 5.40. The maximum atomic E-state index is 11.7. The zero-order chi connectivity index (χ0) is 17.0. The second-order valence-corrected chi connectivity index (χ2v) is 5.73. The Labute approximate surface area is 137 Å². The van der Waals surface area contributed by atoms with Crippen molar-refractivity contribution in [1.82, 2.24) is 5.32 Å². The lowest BCUT2D eigenvalue weighted by atomic mass is 10.0. The molecule has 2 aromatic rings. The second kappa shape index (κ2) is 7.29. The zero-order valence-corrected chi connectivity index (χ0v) is 14.0. The van der Waals surface area contributed by atoms with Gasteiger partial charge in [0.2, 0.25) is 0 Å². The highest BCUT2D eigenvalue weighted by atomic mass is 16.5. The van der Waals surface area contributed by atoms with Gasteiger partial charge in [0.25, 0.3) is 5.91 Å². The smallest absolute Gasteiger partial charge is 0.253 e. The van der Waals surface area contributed by atoms with E-state index in [0.29, 0.717) is 12.2 Å². The number of rotatable bonds is 5. The van der Waals surface area contributed by atoms with Gasteiger partial charge in [-0.15, -0.1) is 0 Å². The number of likely N-dealkylation sites (N-methyl/N-ethyl adjacent to an activating group) is 1. The van der Waals surface area contributed by atoms with E-state index in [0.717, 1.165) is 22.4 Å². The van der Waals surface area contributed by atoms with Crippen molar-refractivity contribution >= 4 is 5.91 Å². The molecule has 0 radical (unpaired) electrons. The fraction of sp³-hybridized carbons (Fsp3) is 0.316. The minimum atomic E-state index is -1.19.